The average Bonchev–Trinajstić information content (AvgIpc) is 3.40. The summed E-state index contributed by atoms with van der Waals surface area (Å²) in [5.41, 5.74) is 2.53. The molecule has 1 N–H and O–H groups in total. The topological polar surface area (TPSA) is 107 Å². The molecule has 8 heteroatoms. The van der Waals surface area contributed by atoms with Crippen LogP contribution in [0.2, 0.25) is 0 Å². The van der Waals surface area contributed by atoms with Gasteiger partial charge in [-0.25, -0.2) is 4.79 Å². The molecule has 8 nitrogen and oxygen atoms in total. The van der Waals surface area contributed by atoms with E-state index in [4.69, 9.17) is 13.6 Å². The van der Waals surface area contributed by atoms with E-state index < -0.39 is 5.97 Å². The molecule has 0 unspecified atom stereocenters. The number of furan rings is 1. The van der Waals surface area contributed by atoms with Crippen molar-refractivity contribution in [3.63, 3.8) is 0 Å². The number of H-pyrrole nitrogens is 1. The van der Waals surface area contributed by atoms with Crippen LogP contribution in [-0.2, 0) is 11.3 Å². The second-order valence-corrected chi connectivity index (χ2v) is 5.94. The molecule has 0 bridgehead atoms. The number of hydrogen-bond donors (Lipinski definition) is 1. The fourth-order valence-electron chi connectivity index (χ4n) is 2.65. The smallest absolute Gasteiger partial charge is 0.356 e. The van der Waals surface area contributed by atoms with E-state index in [1.807, 2.05) is 50.2 Å². The Bertz CT molecular complexity index is 1080. The second kappa shape index (κ2) is 6.91. The van der Waals surface area contributed by atoms with E-state index in [1.54, 1.807) is 6.07 Å². The third kappa shape index (κ3) is 3.50. The Balaban J connectivity index is 1.41. The van der Waals surface area contributed by atoms with Crippen LogP contribution in [0.4, 0.5) is 0 Å². The highest BCUT2D eigenvalue weighted by atomic mass is 16.5. The van der Waals surface area contributed by atoms with Gasteiger partial charge in [-0.15, -0.1) is 10.2 Å². The monoisotopic (exact) mass is 364 g/mol. The highest BCUT2D eigenvalue weighted by Gasteiger charge is 2.17. The van der Waals surface area contributed by atoms with Crippen LogP contribution in [0.25, 0.3) is 22.7 Å². The van der Waals surface area contributed by atoms with Crippen molar-refractivity contribution < 1.29 is 18.4 Å². The number of rotatable bonds is 5. The van der Waals surface area contributed by atoms with Crippen molar-refractivity contribution in [2.24, 2.45) is 0 Å². The van der Waals surface area contributed by atoms with Gasteiger partial charge in [-0.05, 0) is 26.0 Å². The van der Waals surface area contributed by atoms with E-state index in [2.05, 4.69) is 20.4 Å². The first-order valence-electron chi connectivity index (χ1n) is 8.28. The SMILES string of the molecule is Cc1cc(-c2nnc(COC(=O)c3cc(-c4ccccc4)n[nH]3)o2)c(C)o1. The maximum Gasteiger partial charge on any atom is 0.356 e. The van der Waals surface area contributed by atoms with E-state index in [0.717, 1.165) is 16.9 Å². The van der Waals surface area contributed by atoms with Crippen LogP contribution < -0.4 is 0 Å². The molecule has 0 aliphatic carbocycles. The molecule has 0 saturated carbocycles. The van der Waals surface area contributed by atoms with Gasteiger partial charge in [0, 0.05) is 5.56 Å². The molecular formula is C19H16N4O4. The van der Waals surface area contributed by atoms with Crippen molar-refractivity contribution in [1.29, 1.82) is 0 Å². The van der Waals surface area contributed by atoms with Gasteiger partial charge in [0.25, 0.3) is 11.8 Å². The van der Waals surface area contributed by atoms with E-state index in [9.17, 15) is 4.79 Å². The second-order valence-electron chi connectivity index (χ2n) is 5.94. The zero-order valence-electron chi connectivity index (χ0n) is 14.7. The number of aromatic amines is 1. The van der Waals surface area contributed by atoms with Crippen molar-refractivity contribution in [1.82, 2.24) is 20.4 Å². The third-order valence-electron chi connectivity index (χ3n) is 3.93. The summed E-state index contributed by atoms with van der Waals surface area (Å²) >= 11 is 0. The van der Waals surface area contributed by atoms with Crippen molar-refractivity contribution in [3.05, 3.63) is 65.6 Å². The minimum atomic E-state index is -0.556. The molecule has 4 aromatic rings. The van der Waals surface area contributed by atoms with Crippen LogP contribution in [-0.4, -0.2) is 26.4 Å². The van der Waals surface area contributed by atoms with Gasteiger partial charge in [0.15, 0.2) is 6.61 Å². The number of nitrogens with one attached hydrogen (secondary N) is 1. The first-order valence-corrected chi connectivity index (χ1v) is 8.28. The number of benzene rings is 1. The lowest BCUT2D eigenvalue weighted by molar-refractivity contribution is 0.0431. The maximum atomic E-state index is 12.2. The Kier molecular flexibility index (Phi) is 4.29. The number of aromatic nitrogens is 4. The minimum Gasteiger partial charge on any atom is -0.466 e. The van der Waals surface area contributed by atoms with E-state index in [1.165, 1.54) is 0 Å². The quantitative estimate of drug-likeness (QED) is 0.538. The minimum absolute atomic E-state index is 0.137. The van der Waals surface area contributed by atoms with Crippen LogP contribution >= 0.6 is 0 Å². The number of aryl methyl sites for hydroxylation is 2. The standard InChI is InChI=1S/C19H16N4O4/c1-11-8-14(12(2)26-11)18-23-22-17(27-18)10-25-19(24)16-9-15(20-21-16)13-6-4-3-5-7-13/h3-9H,10H2,1-2H3,(H,20,21). The Morgan fingerprint density at radius 2 is 1.93 bits per heavy atom. The van der Waals surface area contributed by atoms with E-state index >= 15 is 0 Å². The predicted molar refractivity (Wildman–Crippen MR) is 94.6 cm³/mol. The summed E-state index contributed by atoms with van der Waals surface area (Å²) < 4.78 is 16.2. The molecule has 3 aromatic heterocycles. The van der Waals surface area contributed by atoms with Crippen LogP contribution in [0.15, 0.2) is 51.3 Å². The zero-order valence-corrected chi connectivity index (χ0v) is 14.7. The molecule has 0 aliphatic rings. The first-order chi connectivity index (χ1) is 13.1. The number of nitrogens with zero attached hydrogens (tertiary/aromatic N) is 3. The van der Waals surface area contributed by atoms with Gasteiger partial charge in [0.2, 0.25) is 0 Å². The van der Waals surface area contributed by atoms with Crippen LogP contribution in [0.5, 0.6) is 0 Å². The summed E-state index contributed by atoms with van der Waals surface area (Å²) in [4.78, 5) is 12.2. The number of ether oxygens (including phenoxy) is 1. The van der Waals surface area contributed by atoms with E-state index in [-0.39, 0.29) is 18.2 Å². The van der Waals surface area contributed by atoms with Crippen LogP contribution in [0.3, 0.4) is 0 Å². The van der Waals surface area contributed by atoms with Crippen molar-refractivity contribution in [2.45, 2.75) is 20.5 Å². The van der Waals surface area contributed by atoms with Crippen molar-refractivity contribution >= 4 is 5.97 Å². The number of esters is 1. The zero-order chi connectivity index (χ0) is 18.8. The molecular weight excluding hydrogens is 348 g/mol. The van der Waals surface area contributed by atoms with Crippen molar-refractivity contribution in [3.8, 4) is 22.7 Å². The lowest BCUT2D eigenvalue weighted by Gasteiger charge is -1.98. The van der Waals surface area contributed by atoms with Crippen molar-refractivity contribution in [2.75, 3.05) is 0 Å². The largest absolute Gasteiger partial charge is 0.466 e. The third-order valence-corrected chi connectivity index (χ3v) is 3.93. The Hall–Kier alpha value is -3.68. The fraction of sp³-hybridized carbons (Fsp3) is 0.158. The van der Waals surface area contributed by atoms with Gasteiger partial charge in [-0.2, -0.15) is 5.10 Å². The van der Waals surface area contributed by atoms with Gasteiger partial charge >= 0.3 is 5.97 Å². The van der Waals surface area contributed by atoms with E-state index in [0.29, 0.717) is 17.3 Å². The summed E-state index contributed by atoms with van der Waals surface area (Å²) in [6.45, 7) is 3.51. The van der Waals surface area contributed by atoms with Crippen LogP contribution in [0.1, 0.15) is 27.9 Å². The fourth-order valence-corrected chi connectivity index (χ4v) is 2.65. The summed E-state index contributed by atoms with van der Waals surface area (Å²) in [5, 5.41) is 14.7. The molecule has 0 amide bonds. The molecule has 3 heterocycles. The predicted octanol–water partition coefficient (Wildman–Crippen LogP) is 3.69. The summed E-state index contributed by atoms with van der Waals surface area (Å²) in [6, 6.07) is 13.0. The molecule has 4 rings (SSSR count). The lowest BCUT2D eigenvalue weighted by Crippen LogP contribution is -2.05. The molecule has 27 heavy (non-hydrogen) atoms. The van der Waals surface area contributed by atoms with Crippen LogP contribution in [0, 0.1) is 13.8 Å². The molecule has 1 aromatic carbocycles. The molecule has 0 spiro atoms. The number of carbonyl (C=O) groups is 1. The van der Waals surface area contributed by atoms with Gasteiger partial charge in [-0.3, -0.25) is 5.10 Å². The number of hydrogen-bond acceptors (Lipinski definition) is 7. The number of carbonyl (C=O) groups excluding carboxylic acids is 1. The molecule has 0 aliphatic heterocycles. The Morgan fingerprint density at radius 3 is 2.67 bits per heavy atom. The average molecular weight is 364 g/mol. The molecule has 0 radical (unpaired) electrons. The van der Waals surface area contributed by atoms with Gasteiger partial charge in [0.1, 0.15) is 17.2 Å². The summed E-state index contributed by atoms with van der Waals surface area (Å²) in [7, 11) is 0. The summed E-state index contributed by atoms with van der Waals surface area (Å²) in [5.74, 6) is 1.40. The van der Waals surface area contributed by atoms with Gasteiger partial charge in [0.05, 0.1) is 11.3 Å². The molecule has 0 atom stereocenters. The first kappa shape index (κ1) is 16.8. The summed E-state index contributed by atoms with van der Waals surface area (Å²) in [6.07, 6.45) is 0. The maximum absolute atomic E-state index is 12.2. The lowest BCUT2D eigenvalue weighted by atomic mass is 10.1. The molecule has 0 fully saturated rings. The Labute approximate surface area is 154 Å². The normalized spacial score (nSPS) is 10.9. The highest BCUT2D eigenvalue weighted by Crippen LogP contribution is 2.25. The Morgan fingerprint density at radius 1 is 1.11 bits per heavy atom. The van der Waals surface area contributed by atoms with Gasteiger partial charge in [-0.1, -0.05) is 30.3 Å². The van der Waals surface area contributed by atoms with Gasteiger partial charge < -0.3 is 13.6 Å². The molecule has 0 saturated heterocycles. The highest BCUT2D eigenvalue weighted by molar-refractivity contribution is 5.88. The molecule has 136 valence electrons.